The molecule has 7 atom stereocenters. The van der Waals surface area contributed by atoms with Crippen molar-refractivity contribution in [3.63, 3.8) is 0 Å². The molecule has 0 bridgehead atoms. The Balaban J connectivity index is 1.50. The normalized spacial score (nSPS) is 32.2. The number of aliphatic hydroxyl groups is 2. The number of benzene rings is 1. The highest BCUT2D eigenvalue weighted by Gasteiger charge is 2.42. The Kier molecular flexibility index (Phi) is 11.2. The van der Waals surface area contributed by atoms with Crippen LogP contribution in [0.1, 0.15) is 62.5 Å². The molecule has 2 unspecified atom stereocenters. The summed E-state index contributed by atoms with van der Waals surface area (Å²) in [4.78, 5) is 0. The van der Waals surface area contributed by atoms with Gasteiger partial charge in [-0.25, -0.2) is 0 Å². The molecular formula is C29H44O7. The maximum Gasteiger partial charge on any atom is 0.158 e. The van der Waals surface area contributed by atoms with Crippen LogP contribution >= 0.6 is 0 Å². The predicted molar refractivity (Wildman–Crippen MR) is 136 cm³/mol. The van der Waals surface area contributed by atoms with Gasteiger partial charge in [-0.15, -0.1) is 0 Å². The number of methoxy groups -OCH3 is 1. The number of hydrogen-bond donors (Lipinski definition) is 2. The maximum absolute atomic E-state index is 10.8. The van der Waals surface area contributed by atoms with Crippen LogP contribution in [0.5, 0.6) is 0 Å². The molecule has 0 radical (unpaired) electrons. The van der Waals surface area contributed by atoms with Crippen molar-refractivity contribution >= 4 is 0 Å². The molecule has 36 heavy (non-hydrogen) atoms. The Labute approximate surface area is 215 Å². The first-order chi connectivity index (χ1) is 17.7. The molecule has 7 nitrogen and oxygen atoms in total. The smallest absolute Gasteiger partial charge is 0.158 e. The van der Waals surface area contributed by atoms with Gasteiger partial charge in [-0.05, 0) is 62.0 Å². The van der Waals surface area contributed by atoms with Gasteiger partial charge in [-0.1, -0.05) is 36.4 Å². The summed E-state index contributed by atoms with van der Waals surface area (Å²) in [6.45, 7) is 2.07. The fraction of sp³-hybridized carbons (Fsp3) is 0.724. The van der Waals surface area contributed by atoms with Gasteiger partial charge in [0.2, 0.25) is 0 Å². The van der Waals surface area contributed by atoms with Gasteiger partial charge < -0.3 is 33.9 Å². The van der Waals surface area contributed by atoms with Crippen LogP contribution in [0.4, 0.5) is 0 Å². The van der Waals surface area contributed by atoms with Gasteiger partial charge in [-0.2, -0.15) is 0 Å². The fourth-order valence-electron chi connectivity index (χ4n) is 5.74. The van der Waals surface area contributed by atoms with Crippen LogP contribution in [0.15, 0.2) is 36.4 Å². The minimum atomic E-state index is -0.507. The van der Waals surface area contributed by atoms with Crippen LogP contribution in [0.2, 0.25) is 0 Å². The molecule has 0 amide bonds. The lowest BCUT2D eigenvalue weighted by atomic mass is 9.89. The summed E-state index contributed by atoms with van der Waals surface area (Å²) < 4.78 is 29.8. The monoisotopic (exact) mass is 504 g/mol. The summed E-state index contributed by atoms with van der Waals surface area (Å²) in [5.41, 5.74) is 2.31. The van der Waals surface area contributed by atoms with Crippen molar-refractivity contribution in [2.45, 2.75) is 95.3 Å². The lowest BCUT2D eigenvalue weighted by Gasteiger charge is -2.30. The number of rotatable bonds is 12. The highest BCUT2D eigenvalue weighted by Crippen LogP contribution is 2.39. The van der Waals surface area contributed by atoms with E-state index >= 15 is 0 Å². The van der Waals surface area contributed by atoms with Crippen LogP contribution in [0.25, 0.3) is 0 Å². The first-order valence-electron chi connectivity index (χ1n) is 13.7. The van der Waals surface area contributed by atoms with Gasteiger partial charge in [0.05, 0.1) is 24.9 Å². The topological polar surface area (TPSA) is 86.6 Å². The summed E-state index contributed by atoms with van der Waals surface area (Å²) >= 11 is 0. The molecule has 2 heterocycles. The largest absolute Gasteiger partial charge is 0.396 e. The number of aliphatic hydroxyl groups excluding tert-OH is 2. The van der Waals surface area contributed by atoms with Crippen LogP contribution < -0.4 is 0 Å². The second-order valence-electron chi connectivity index (χ2n) is 10.3. The van der Waals surface area contributed by atoms with Gasteiger partial charge in [0.1, 0.15) is 0 Å². The SMILES string of the molecule is COCc1cccc(C[C@@H](C=C[C@@H]2[C@@H](CCO)[C@@H](O)C[C@H]2OC2CCCCO2)OC2CCCCO2)c1. The van der Waals surface area contributed by atoms with E-state index in [9.17, 15) is 10.2 Å². The van der Waals surface area contributed by atoms with Crippen molar-refractivity contribution in [1.82, 2.24) is 0 Å². The van der Waals surface area contributed by atoms with E-state index in [1.54, 1.807) is 7.11 Å². The van der Waals surface area contributed by atoms with E-state index in [1.165, 1.54) is 5.56 Å². The van der Waals surface area contributed by atoms with Crippen molar-refractivity contribution < 1.29 is 33.9 Å². The van der Waals surface area contributed by atoms with E-state index in [1.807, 2.05) is 0 Å². The zero-order valence-corrected chi connectivity index (χ0v) is 21.6. The maximum atomic E-state index is 10.8. The molecule has 202 valence electrons. The average Bonchev–Trinajstić information content (AvgIpc) is 3.18. The third-order valence-electron chi connectivity index (χ3n) is 7.57. The molecule has 4 rings (SSSR count). The van der Waals surface area contributed by atoms with Crippen LogP contribution in [-0.2, 0) is 36.7 Å². The lowest BCUT2D eigenvalue weighted by molar-refractivity contribution is -0.193. The van der Waals surface area contributed by atoms with Gasteiger partial charge in [-0.3, -0.25) is 0 Å². The Hall–Kier alpha value is -1.32. The van der Waals surface area contributed by atoms with E-state index in [0.29, 0.717) is 25.9 Å². The minimum Gasteiger partial charge on any atom is -0.396 e. The van der Waals surface area contributed by atoms with Crippen molar-refractivity contribution in [2.24, 2.45) is 11.8 Å². The third kappa shape index (κ3) is 8.09. The third-order valence-corrected chi connectivity index (χ3v) is 7.57. The summed E-state index contributed by atoms with van der Waals surface area (Å²) in [6.07, 6.45) is 10.9. The highest BCUT2D eigenvalue weighted by molar-refractivity contribution is 5.24. The van der Waals surface area contributed by atoms with E-state index in [4.69, 9.17) is 23.7 Å². The van der Waals surface area contributed by atoms with Gasteiger partial charge in [0.25, 0.3) is 0 Å². The van der Waals surface area contributed by atoms with E-state index in [-0.39, 0.29) is 43.2 Å². The molecule has 3 aliphatic rings. The summed E-state index contributed by atoms with van der Waals surface area (Å²) in [5.74, 6) is -0.0765. The minimum absolute atomic E-state index is 0.0177. The molecule has 1 aromatic carbocycles. The van der Waals surface area contributed by atoms with Crippen molar-refractivity contribution in [3.05, 3.63) is 47.5 Å². The van der Waals surface area contributed by atoms with Gasteiger partial charge >= 0.3 is 0 Å². The number of ether oxygens (including phenoxy) is 5. The standard InChI is InChI=1S/C29H44O7/c1-32-20-22-8-6-7-21(17-22)18-23(35-28-9-2-4-15-33-28)11-12-25-24(13-14-30)26(31)19-27(25)36-29-10-3-5-16-34-29/h6-8,11-12,17,23-31H,2-5,9-10,13-16,18-20H2,1H3/t23-,24-,25-,26+,27-,28?,29?/m1/s1. The Morgan fingerprint density at radius 1 is 1.06 bits per heavy atom. The fourth-order valence-corrected chi connectivity index (χ4v) is 5.74. The Morgan fingerprint density at radius 3 is 2.50 bits per heavy atom. The summed E-state index contributed by atoms with van der Waals surface area (Å²) in [6, 6.07) is 8.40. The molecule has 1 aromatic rings. The second-order valence-corrected chi connectivity index (χ2v) is 10.3. The summed E-state index contributed by atoms with van der Waals surface area (Å²) in [7, 11) is 1.71. The first-order valence-corrected chi connectivity index (χ1v) is 13.7. The average molecular weight is 505 g/mol. The molecule has 3 fully saturated rings. The van der Waals surface area contributed by atoms with E-state index in [0.717, 1.165) is 57.3 Å². The second kappa shape index (κ2) is 14.6. The Morgan fingerprint density at radius 2 is 1.81 bits per heavy atom. The first kappa shape index (κ1) is 27.7. The van der Waals surface area contributed by atoms with Gasteiger partial charge in [0, 0.05) is 45.7 Å². The van der Waals surface area contributed by atoms with Crippen molar-refractivity contribution in [3.8, 4) is 0 Å². The van der Waals surface area contributed by atoms with Crippen molar-refractivity contribution in [1.29, 1.82) is 0 Å². The van der Waals surface area contributed by atoms with Crippen LogP contribution in [0, 0.1) is 11.8 Å². The molecule has 0 spiro atoms. The molecule has 1 saturated carbocycles. The molecule has 2 saturated heterocycles. The van der Waals surface area contributed by atoms with E-state index in [2.05, 4.69) is 36.4 Å². The van der Waals surface area contributed by atoms with Crippen LogP contribution in [0.3, 0.4) is 0 Å². The Bertz CT molecular complexity index is 788. The van der Waals surface area contributed by atoms with E-state index < -0.39 is 6.10 Å². The lowest BCUT2D eigenvalue weighted by Crippen LogP contribution is -2.31. The quantitative estimate of drug-likeness (QED) is 0.414. The molecule has 1 aliphatic carbocycles. The molecule has 0 aromatic heterocycles. The van der Waals surface area contributed by atoms with Crippen LogP contribution in [-0.4, -0.2) is 68.0 Å². The zero-order chi connectivity index (χ0) is 25.2. The molecular weight excluding hydrogens is 460 g/mol. The highest BCUT2D eigenvalue weighted by atomic mass is 16.7. The predicted octanol–water partition coefficient (Wildman–Crippen LogP) is 4.13. The molecule has 2 N–H and O–H groups in total. The summed E-state index contributed by atoms with van der Waals surface area (Å²) in [5, 5.41) is 20.5. The molecule has 2 aliphatic heterocycles. The van der Waals surface area contributed by atoms with Crippen molar-refractivity contribution in [2.75, 3.05) is 26.9 Å². The number of hydrogen-bond acceptors (Lipinski definition) is 7. The van der Waals surface area contributed by atoms with Gasteiger partial charge in [0.15, 0.2) is 12.6 Å². The molecule has 7 heteroatoms. The zero-order valence-electron chi connectivity index (χ0n) is 21.6.